The lowest BCUT2D eigenvalue weighted by Gasteiger charge is -2.16. The van der Waals surface area contributed by atoms with Crippen molar-refractivity contribution in [2.75, 3.05) is 33.5 Å². The van der Waals surface area contributed by atoms with Gasteiger partial charge in [0.1, 0.15) is 6.67 Å². The van der Waals surface area contributed by atoms with Gasteiger partial charge in [-0.1, -0.05) is 0 Å². The monoisotopic (exact) mass is 273 g/mol. The van der Waals surface area contributed by atoms with Crippen molar-refractivity contribution in [1.82, 2.24) is 14.7 Å². The van der Waals surface area contributed by atoms with Crippen molar-refractivity contribution in [1.29, 1.82) is 0 Å². The highest BCUT2D eigenvalue weighted by Crippen LogP contribution is 2.10. The van der Waals surface area contributed by atoms with Gasteiger partial charge in [-0.15, -0.1) is 0 Å². The third-order valence-electron chi connectivity index (χ3n) is 2.51. The van der Waals surface area contributed by atoms with Crippen LogP contribution in [0.3, 0.4) is 0 Å². The van der Waals surface area contributed by atoms with E-state index in [2.05, 4.69) is 5.10 Å². The number of ether oxygens (including phenoxy) is 1. The number of carboxylic acid groups (broad SMARTS) is 1. The van der Waals surface area contributed by atoms with Gasteiger partial charge in [0.2, 0.25) is 0 Å². The van der Waals surface area contributed by atoms with Crippen molar-refractivity contribution >= 4 is 11.9 Å². The summed E-state index contributed by atoms with van der Waals surface area (Å²) in [6.45, 7) is -0.166. The summed E-state index contributed by atoms with van der Waals surface area (Å²) in [6, 6.07) is 0. The summed E-state index contributed by atoms with van der Waals surface area (Å²) in [6.07, 6.45) is 1.21. The first-order chi connectivity index (χ1) is 8.99. The Hall–Kier alpha value is -1.96. The van der Waals surface area contributed by atoms with Crippen LogP contribution in [0, 0.1) is 0 Å². The highest BCUT2D eigenvalue weighted by Gasteiger charge is 2.23. The summed E-state index contributed by atoms with van der Waals surface area (Å²) in [5.41, 5.74) is -0.149. The van der Waals surface area contributed by atoms with E-state index >= 15 is 0 Å². The van der Waals surface area contributed by atoms with Gasteiger partial charge in [-0.2, -0.15) is 5.10 Å². The Kier molecular flexibility index (Phi) is 5.43. The molecule has 0 spiro atoms. The summed E-state index contributed by atoms with van der Waals surface area (Å²) < 4.78 is 17.8. The van der Waals surface area contributed by atoms with Crippen molar-refractivity contribution in [3.63, 3.8) is 0 Å². The molecular weight excluding hydrogens is 257 g/mol. The number of carbonyl (C=O) groups is 2. The molecular formula is C11H16FN3O4. The zero-order valence-electron chi connectivity index (χ0n) is 10.8. The Bertz CT molecular complexity index is 461. The van der Waals surface area contributed by atoms with Crippen LogP contribution in [0.5, 0.6) is 0 Å². The maximum Gasteiger partial charge on any atom is 0.354 e. The van der Waals surface area contributed by atoms with Gasteiger partial charge >= 0.3 is 5.97 Å². The molecule has 0 unspecified atom stereocenters. The summed E-state index contributed by atoms with van der Waals surface area (Å²) in [4.78, 5) is 24.4. The lowest BCUT2D eigenvalue weighted by molar-refractivity contribution is 0.0642. The third kappa shape index (κ3) is 3.75. The molecule has 106 valence electrons. The minimum atomic E-state index is -1.22. The molecule has 8 heteroatoms. The van der Waals surface area contributed by atoms with E-state index in [-0.39, 0.29) is 31.0 Å². The van der Waals surface area contributed by atoms with Crippen LogP contribution in [-0.4, -0.2) is 65.1 Å². The molecule has 1 N–H and O–H groups in total. The molecule has 19 heavy (non-hydrogen) atoms. The Labute approximate surface area is 109 Å². The normalized spacial score (nSPS) is 10.5. The molecule has 1 rings (SSSR count). The molecule has 0 fully saturated rings. The minimum Gasteiger partial charge on any atom is -0.477 e. The van der Waals surface area contributed by atoms with Crippen molar-refractivity contribution in [3.8, 4) is 0 Å². The quantitative estimate of drug-likeness (QED) is 0.716. The number of halogens is 1. The number of hydrogen-bond acceptors (Lipinski definition) is 4. The van der Waals surface area contributed by atoms with E-state index in [1.807, 2.05) is 0 Å². The van der Waals surface area contributed by atoms with E-state index in [9.17, 15) is 14.0 Å². The summed E-state index contributed by atoms with van der Waals surface area (Å²) in [7, 11) is 2.96. The summed E-state index contributed by atoms with van der Waals surface area (Å²) in [5, 5.41) is 12.8. The van der Waals surface area contributed by atoms with Gasteiger partial charge in [-0.05, 0) is 0 Å². The lowest BCUT2D eigenvalue weighted by atomic mass is 10.2. The van der Waals surface area contributed by atoms with Crippen LogP contribution >= 0.6 is 0 Å². The summed E-state index contributed by atoms with van der Waals surface area (Å²) >= 11 is 0. The van der Waals surface area contributed by atoms with E-state index in [0.717, 1.165) is 4.68 Å². The number of amides is 1. The molecule has 0 bridgehead atoms. The fraction of sp³-hybridized carbons (Fsp3) is 0.545. The number of aromatic carboxylic acids is 1. The van der Waals surface area contributed by atoms with Crippen LogP contribution < -0.4 is 0 Å². The molecule has 0 aromatic carbocycles. The predicted octanol–water partition coefficient (Wildman–Crippen LogP) is 0.176. The first kappa shape index (κ1) is 15.1. The minimum absolute atomic E-state index is 0.0167. The smallest absolute Gasteiger partial charge is 0.354 e. The largest absolute Gasteiger partial charge is 0.477 e. The standard InChI is InChI=1S/C11H16FN3O4/c1-14(4-6-19-5-3-12)10(16)8-7-13-15(2)9(8)11(17)18/h7H,3-6H2,1-2H3,(H,17,18). The van der Waals surface area contributed by atoms with Crippen LogP contribution in [0.25, 0.3) is 0 Å². The maximum atomic E-state index is 12.0. The molecule has 0 aliphatic rings. The molecule has 7 nitrogen and oxygen atoms in total. The number of likely N-dealkylation sites (N-methyl/N-ethyl adjacent to an activating group) is 1. The van der Waals surface area contributed by atoms with Crippen molar-refractivity contribution in [3.05, 3.63) is 17.5 Å². The second-order valence-corrected chi connectivity index (χ2v) is 3.86. The van der Waals surface area contributed by atoms with Crippen LogP contribution in [0.2, 0.25) is 0 Å². The van der Waals surface area contributed by atoms with Crippen LogP contribution in [0.1, 0.15) is 20.8 Å². The molecule has 1 heterocycles. The number of alkyl halides is 1. The Morgan fingerprint density at radius 3 is 2.79 bits per heavy atom. The van der Waals surface area contributed by atoms with Gasteiger partial charge in [-0.3, -0.25) is 9.48 Å². The van der Waals surface area contributed by atoms with Gasteiger partial charge in [0.05, 0.1) is 25.0 Å². The van der Waals surface area contributed by atoms with Crippen LogP contribution in [0.4, 0.5) is 4.39 Å². The fourth-order valence-corrected chi connectivity index (χ4v) is 1.51. The van der Waals surface area contributed by atoms with E-state index in [1.165, 1.54) is 25.2 Å². The molecule has 0 atom stereocenters. The van der Waals surface area contributed by atoms with E-state index in [4.69, 9.17) is 9.84 Å². The van der Waals surface area contributed by atoms with E-state index in [0.29, 0.717) is 0 Å². The molecule has 0 saturated heterocycles. The van der Waals surface area contributed by atoms with Crippen molar-refractivity contribution in [2.24, 2.45) is 7.05 Å². The second kappa shape index (κ2) is 6.83. The second-order valence-electron chi connectivity index (χ2n) is 3.86. The van der Waals surface area contributed by atoms with Crippen LogP contribution in [-0.2, 0) is 11.8 Å². The Morgan fingerprint density at radius 2 is 2.21 bits per heavy atom. The molecule has 1 aromatic rings. The van der Waals surface area contributed by atoms with Gasteiger partial charge in [0.25, 0.3) is 5.91 Å². The maximum absolute atomic E-state index is 12.0. The highest BCUT2D eigenvalue weighted by atomic mass is 19.1. The number of carboxylic acids is 1. The average molecular weight is 273 g/mol. The molecule has 0 radical (unpaired) electrons. The highest BCUT2D eigenvalue weighted by molar-refractivity contribution is 6.03. The first-order valence-electron chi connectivity index (χ1n) is 5.63. The molecule has 1 amide bonds. The molecule has 0 saturated carbocycles. The number of aromatic nitrogens is 2. The van der Waals surface area contributed by atoms with Crippen LogP contribution in [0.15, 0.2) is 6.20 Å². The number of nitrogens with zero attached hydrogens (tertiary/aromatic N) is 3. The number of rotatable bonds is 7. The Balaban J connectivity index is 2.69. The zero-order chi connectivity index (χ0) is 14.4. The van der Waals surface area contributed by atoms with Gasteiger partial charge in [0, 0.05) is 20.6 Å². The van der Waals surface area contributed by atoms with Gasteiger partial charge < -0.3 is 14.7 Å². The van der Waals surface area contributed by atoms with Gasteiger partial charge in [-0.25, -0.2) is 9.18 Å². The number of hydrogen-bond donors (Lipinski definition) is 1. The lowest BCUT2D eigenvalue weighted by Crippen LogP contribution is -2.31. The van der Waals surface area contributed by atoms with Gasteiger partial charge in [0.15, 0.2) is 5.69 Å². The number of aryl methyl sites for hydroxylation is 1. The average Bonchev–Trinajstić information content (AvgIpc) is 2.75. The molecule has 1 aromatic heterocycles. The van der Waals surface area contributed by atoms with Crippen molar-refractivity contribution in [2.45, 2.75) is 0 Å². The van der Waals surface area contributed by atoms with E-state index < -0.39 is 18.6 Å². The third-order valence-corrected chi connectivity index (χ3v) is 2.51. The number of carbonyl (C=O) groups excluding carboxylic acids is 1. The topological polar surface area (TPSA) is 84.7 Å². The SMILES string of the molecule is CN(CCOCCF)C(=O)c1cnn(C)c1C(=O)O. The van der Waals surface area contributed by atoms with E-state index in [1.54, 1.807) is 0 Å². The fourth-order valence-electron chi connectivity index (χ4n) is 1.51. The zero-order valence-corrected chi connectivity index (χ0v) is 10.8. The predicted molar refractivity (Wildman–Crippen MR) is 63.9 cm³/mol. The van der Waals surface area contributed by atoms with Crippen molar-refractivity contribution < 1.29 is 23.8 Å². The Morgan fingerprint density at radius 1 is 1.53 bits per heavy atom. The summed E-state index contributed by atoms with van der Waals surface area (Å²) in [5.74, 6) is -1.68. The molecule has 0 aliphatic carbocycles. The molecule has 0 aliphatic heterocycles. The first-order valence-corrected chi connectivity index (χ1v) is 5.63.